The molecule has 7 nitrogen and oxygen atoms in total. The molecule has 4 aliphatic carbocycles. The molecule has 0 unspecified atom stereocenters. The molecule has 6 fully saturated rings. The molecule has 0 amide bonds. The highest BCUT2D eigenvalue weighted by Crippen LogP contribution is 2.76. The fraction of sp³-hybridized carbons (Fsp3) is 0.810. The number of nitrogens with one attached hydrogen (secondary N) is 1. The fourth-order valence-electron chi connectivity index (χ4n) is 14.0. The maximum absolute atomic E-state index is 11.9. The molecular formula is C42H65N5O2S. The lowest BCUT2D eigenvalue weighted by Crippen LogP contribution is -2.70. The van der Waals surface area contributed by atoms with Gasteiger partial charge in [0.25, 0.3) is 0 Å². The lowest BCUT2D eigenvalue weighted by atomic mass is 9.33. The summed E-state index contributed by atoms with van der Waals surface area (Å²) in [6, 6.07) is 4.01. The van der Waals surface area contributed by atoms with Gasteiger partial charge in [0.15, 0.2) is 9.84 Å². The third-order valence-electron chi connectivity index (χ3n) is 16.8. The van der Waals surface area contributed by atoms with Crippen LogP contribution in [0.4, 0.5) is 11.5 Å². The van der Waals surface area contributed by atoms with Gasteiger partial charge in [0, 0.05) is 37.9 Å². The maximum Gasteiger partial charge on any atom is 0.205 e. The van der Waals surface area contributed by atoms with Gasteiger partial charge in [-0.3, -0.25) is 4.98 Å². The number of hydrogen-bond acceptors (Lipinski definition) is 6. The van der Waals surface area contributed by atoms with Crippen LogP contribution in [0.2, 0.25) is 0 Å². The number of allylic oxidation sites excluding steroid dienone is 1. The Kier molecular flexibility index (Phi) is 9.37. The summed E-state index contributed by atoms with van der Waals surface area (Å²) in [7, 11) is -2.82. The highest BCUT2D eigenvalue weighted by Gasteiger charge is 2.70. The Labute approximate surface area is 304 Å². The minimum atomic E-state index is -2.82. The van der Waals surface area contributed by atoms with Crippen molar-refractivity contribution >= 4 is 21.3 Å². The summed E-state index contributed by atoms with van der Waals surface area (Å²) in [5, 5.41) is 3.98. The van der Waals surface area contributed by atoms with Crippen molar-refractivity contribution in [2.24, 2.45) is 51.2 Å². The Hall–Kier alpha value is -1.95. The van der Waals surface area contributed by atoms with Gasteiger partial charge in [0.2, 0.25) is 5.69 Å². The largest absolute Gasteiger partial charge is 0.351 e. The normalized spacial score (nSPS) is 42.0. The van der Waals surface area contributed by atoms with E-state index in [1.165, 1.54) is 63.4 Å². The fourth-order valence-corrected chi connectivity index (χ4v) is 15.3. The van der Waals surface area contributed by atoms with Gasteiger partial charge in [-0.15, -0.1) is 0 Å². The molecule has 0 bridgehead atoms. The van der Waals surface area contributed by atoms with Crippen LogP contribution >= 0.6 is 0 Å². The average molecular weight is 704 g/mol. The predicted molar refractivity (Wildman–Crippen MR) is 205 cm³/mol. The molecule has 0 radical (unpaired) electrons. The summed E-state index contributed by atoms with van der Waals surface area (Å²) in [6.45, 7) is 33.0. The first kappa shape index (κ1) is 36.4. The average Bonchev–Trinajstić information content (AvgIpc) is 3.46. The summed E-state index contributed by atoms with van der Waals surface area (Å²) < 4.78 is 23.7. The number of rotatable bonds is 8. The van der Waals surface area contributed by atoms with E-state index in [4.69, 9.17) is 11.6 Å². The molecule has 1 N–H and O–H groups in total. The van der Waals surface area contributed by atoms with Crippen molar-refractivity contribution in [2.75, 3.05) is 55.7 Å². The molecule has 4 saturated carbocycles. The summed E-state index contributed by atoms with van der Waals surface area (Å²) in [5.41, 5.74) is 3.37. The Balaban J connectivity index is 1.08. The minimum Gasteiger partial charge on any atom is -0.351 e. The van der Waals surface area contributed by atoms with E-state index in [0.29, 0.717) is 69.7 Å². The van der Waals surface area contributed by atoms with Gasteiger partial charge in [-0.05, 0) is 155 Å². The molecule has 9 atom stereocenters. The zero-order valence-electron chi connectivity index (χ0n) is 32.1. The molecular weight excluding hydrogens is 639 g/mol. The minimum absolute atomic E-state index is 0.00823. The second-order valence-corrected chi connectivity index (χ2v) is 21.4. The zero-order chi connectivity index (χ0) is 35.7. The van der Waals surface area contributed by atoms with Crippen molar-refractivity contribution in [1.82, 2.24) is 15.2 Å². The number of piperidine rings is 1. The van der Waals surface area contributed by atoms with Crippen LogP contribution in [0.5, 0.6) is 0 Å². The Bertz CT molecular complexity index is 1590. The Morgan fingerprint density at radius 3 is 2.40 bits per heavy atom. The van der Waals surface area contributed by atoms with Crippen molar-refractivity contribution in [3.8, 4) is 0 Å². The number of fused-ring (bicyclic) bond motifs is 7. The van der Waals surface area contributed by atoms with E-state index in [0.717, 1.165) is 50.3 Å². The van der Waals surface area contributed by atoms with Crippen LogP contribution in [0.1, 0.15) is 106 Å². The third kappa shape index (κ3) is 5.70. The van der Waals surface area contributed by atoms with Crippen molar-refractivity contribution < 1.29 is 8.42 Å². The molecule has 6 aliphatic rings. The van der Waals surface area contributed by atoms with Gasteiger partial charge in [0.1, 0.15) is 5.82 Å². The zero-order valence-corrected chi connectivity index (χ0v) is 32.9. The standard InChI is InChI=1S/C42H65N5O2S/c1-30(2)32-14-17-42(29-44-21-9-22-46-24-26-50(48,49)27-25-46)19-18-40(6)33(37(32)42)11-12-35-39(5)20-23-47(36-13-10-31(43-8)28-45-36)38(3,4)34(39)15-16-41(35,40)7/h10,13,28,32-35,37,44H,1,9,11-12,14-27,29H2,2-7H3/t32-,33+,34-,35+,37+,39-,40+,41+,42+/m0/s1. The second-order valence-electron chi connectivity index (χ2n) is 19.1. The van der Waals surface area contributed by atoms with Gasteiger partial charge >= 0.3 is 0 Å². The number of hydrogen-bond donors (Lipinski definition) is 1. The molecule has 0 aromatic carbocycles. The van der Waals surface area contributed by atoms with Crippen LogP contribution in [-0.2, 0) is 9.84 Å². The lowest BCUT2D eigenvalue weighted by Gasteiger charge is -2.73. The Morgan fingerprint density at radius 1 is 0.960 bits per heavy atom. The van der Waals surface area contributed by atoms with Crippen molar-refractivity contribution in [3.63, 3.8) is 0 Å². The summed E-state index contributed by atoms with van der Waals surface area (Å²) in [6.07, 6.45) is 14.7. The number of aromatic nitrogens is 1. The van der Waals surface area contributed by atoms with Gasteiger partial charge in [-0.1, -0.05) is 39.0 Å². The van der Waals surface area contributed by atoms with Crippen LogP contribution in [0.3, 0.4) is 0 Å². The molecule has 1 aromatic rings. The highest BCUT2D eigenvalue weighted by molar-refractivity contribution is 7.91. The van der Waals surface area contributed by atoms with E-state index in [1.54, 1.807) is 6.20 Å². The molecule has 50 heavy (non-hydrogen) atoms. The van der Waals surface area contributed by atoms with E-state index < -0.39 is 9.84 Å². The van der Waals surface area contributed by atoms with Gasteiger partial charge in [-0.2, -0.15) is 0 Å². The molecule has 8 heteroatoms. The van der Waals surface area contributed by atoms with Crippen LogP contribution in [0, 0.1) is 57.8 Å². The van der Waals surface area contributed by atoms with E-state index in [9.17, 15) is 8.42 Å². The first-order valence-electron chi connectivity index (χ1n) is 20.0. The van der Waals surface area contributed by atoms with Crippen molar-refractivity contribution in [1.29, 1.82) is 0 Å². The van der Waals surface area contributed by atoms with Gasteiger partial charge < -0.3 is 15.1 Å². The number of sulfone groups is 1. The SMILES string of the molecule is [C-]#[N+]c1ccc(N2CC[C@]3(C)[C@H]4CC[C@@H]5[C@H]6[C@H](C(=C)C)CC[C@]6(CNCCCN6CCS(=O)(=O)CC6)CC[C@@]5(C)[C@]4(C)CC[C@H]3C2(C)C)nc1. The first-order valence-corrected chi connectivity index (χ1v) is 21.8. The molecule has 276 valence electrons. The van der Waals surface area contributed by atoms with Crippen LogP contribution < -0.4 is 10.2 Å². The van der Waals surface area contributed by atoms with E-state index >= 15 is 0 Å². The van der Waals surface area contributed by atoms with E-state index in [2.05, 4.69) is 74.1 Å². The molecule has 0 spiro atoms. The van der Waals surface area contributed by atoms with Crippen LogP contribution in [0.15, 0.2) is 30.5 Å². The monoisotopic (exact) mass is 703 g/mol. The highest BCUT2D eigenvalue weighted by atomic mass is 32.2. The molecule has 2 aliphatic heterocycles. The molecule has 1 aromatic heterocycles. The molecule has 2 saturated heterocycles. The topological polar surface area (TPSA) is 69.9 Å². The van der Waals surface area contributed by atoms with Gasteiger partial charge in [0.05, 0.1) is 18.1 Å². The number of nitrogens with zero attached hydrogens (tertiary/aromatic N) is 4. The smallest absolute Gasteiger partial charge is 0.205 e. The van der Waals surface area contributed by atoms with Crippen LogP contribution in [0.25, 0.3) is 4.85 Å². The maximum atomic E-state index is 11.9. The third-order valence-corrected chi connectivity index (χ3v) is 18.4. The van der Waals surface area contributed by atoms with Gasteiger partial charge in [-0.25, -0.2) is 13.3 Å². The van der Waals surface area contributed by atoms with E-state index in [1.807, 2.05) is 6.07 Å². The molecule has 7 rings (SSSR count). The predicted octanol–water partition coefficient (Wildman–Crippen LogP) is 8.17. The quantitative estimate of drug-likeness (QED) is 0.167. The molecule has 3 heterocycles. The second kappa shape index (κ2) is 12.9. The first-order chi connectivity index (χ1) is 23.6. The summed E-state index contributed by atoms with van der Waals surface area (Å²) in [4.78, 5) is 13.3. The lowest BCUT2D eigenvalue weighted by molar-refractivity contribution is -0.227. The summed E-state index contributed by atoms with van der Waals surface area (Å²) >= 11 is 0. The van der Waals surface area contributed by atoms with Crippen LogP contribution in [-0.4, -0.2) is 74.6 Å². The number of anilines is 1. The number of pyridine rings is 1. The van der Waals surface area contributed by atoms with Crippen molar-refractivity contribution in [3.05, 3.63) is 41.9 Å². The van der Waals surface area contributed by atoms with Crippen molar-refractivity contribution in [2.45, 2.75) is 111 Å². The Morgan fingerprint density at radius 2 is 1.72 bits per heavy atom. The van der Waals surface area contributed by atoms with E-state index in [-0.39, 0.29) is 5.54 Å². The summed E-state index contributed by atoms with van der Waals surface area (Å²) in [5.74, 6) is 5.10.